The van der Waals surface area contributed by atoms with Crippen LogP contribution < -0.4 is 0 Å². The zero-order chi connectivity index (χ0) is 7.56. The van der Waals surface area contributed by atoms with Crippen LogP contribution in [-0.2, 0) is 9.47 Å². The van der Waals surface area contributed by atoms with Crippen molar-refractivity contribution in [2.75, 3.05) is 13.7 Å². The predicted molar refractivity (Wildman–Crippen MR) is 33.1 cm³/mol. The van der Waals surface area contributed by atoms with Crippen molar-refractivity contribution in [2.45, 2.75) is 18.3 Å². The molecule has 4 heteroatoms. The second-order valence-corrected chi connectivity index (χ2v) is 2.25. The normalized spacial score (nSPS) is 40.5. The smallest absolute Gasteiger partial charge is 0.115 e. The Morgan fingerprint density at radius 2 is 2.30 bits per heavy atom. The van der Waals surface area contributed by atoms with E-state index in [0.29, 0.717) is 6.61 Å². The van der Waals surface area contributed by atoms with Gasteiger partial charge in [-0.05, 0) is 0 Å². The standard InChI is InChI=1S/C6H11O4/c1-9-3-5-6(8)4(7)2-10-5/h2,4-8H,3H2,1H3/t4-,5+,6-/m0/s1. The summed E-state index contributed by atoms with van der Waals surface area (Å²) in [5.41, 5.74) is 0. The molecule has 1 aliphatic rings. The van der Waals surface area contributed by atoms with E-state index in [4.69, 9.17) is 19.7 Å². The first-order valence-corrected chi connectivity index (χ1v) is 3.09. The van der Waals surface area contributed by atoms with Crippen molar-refractivity contribution in [2.24, 2.45) is 0 Å². The second kappa shape index (κ2) is 3.30. The average Bonchev–Trinajstić information content (AvgIpc) is 2.20. The number of ether oxygens (including phenoxy) is 2. The Morgan fingerprint density at radius 1 is 1.60 bits per heavy atom. The lowest BCUT2D eigenvalue weighted by Crippen LogP contribution is -2.32. The maximum Gasteiger partial charge on any atom is 0.115 e. The van der Waals surface area contributed by atoms with Gasteiger partial charge < -0.3 is 19.7 Å². The fourth-order valence-electron chi connectivity index (χ4n) is 0.864. The lowest BCUT2D eigenvalue weighted by atomic mass is 10.2. The maximum absolute atomic E-state index is 9.10. The summed E-state index contributed by atoms with van der Waals surface area (Å²) >= 11 is 0. The van der Waals surface area contributed by atoms with Gasteiger partial charge in [0.2, 0.25) is 0 Å². The highest BCUT2D eigenvalue weighted by Gasteiger charge is 2.34. The van der Waals surface area contributed by atoms with E-state index in [9.17, 15) is 0 Å². The van der Waals surface area contributed by atoms with Gasteiger partial charge in [0.25, 0.3) is 0 Å². The summed E-state index contributed by atoms with van der Waals surface area (Å²) in [6, 6.07) is 0. The molecule has 4 nitrogen and oxygen atoms in total. The van der Waals surface area contributed by atoms with Gasteiger partial charge in [-0.2, -0.15) is 0 Å². The fourth-order valence-corrected chi connectivity index (χ4v) is 0.864. The van der Waals surface area contributed by atoms with Crippen LogP contribution in [0.4, 0.5) is 0 Å². The molecule has 2 N–H and O–H groups in total. The molecular formula is C6H11O4. The monoisotopic (exact) mass is 147 g/mol. The molecule has 0 amide bonds. The van der Waals surface area contributed by atoms with E-state index in [1.54, 1.807) is 0 Å². The SMILES string of the molecule is COC[C@H]1O[CH][C@H](O)[C@@H]1O. The number of hydrogen-bond donors (Lipinski definition) is 2. The molecule has 10 heavy (non-hydrogen) atoms. The van der Waals surface area contributed by atoms with E-state index in [2.05, 4.69) is 0 Å². The summed E-state index contributed by atoms with van der Waals surface area (Å²) in [7, 11) is 1.51. The zero-order valence-corrected chi connectivity index (χ0v) is 5.73. The third kappa shape index (κ3) is 1.46. The van der Waals surface area contributed by atoms with E-state index >= 15 is 0 Å². The highest BCUT2D eigenvalue weighted by atomic mass is 16.6. The topological polar surface area (TPSA) is 58.9 Å². The summed E-state index contributed by atoms with van der Waals surface area (Å²) in [5.74, 6) is 0. The van der Waals surface area contributed by atoms with Crippen LogP contribution in [0.5, 0.6) is 0 Å². The van der Waals surface area contributed by atoms with Crippen molar-refractivity contribution in [1.82, 2.24) is 0 Å². The first-order chi connectivity index (χ1) is 4.75. The average molecular weight is 147 g/mol. The summed E-state index contributed by atoms with van der Waals surface area (Å²) in [6.45, 7) is 1.52. The van der Waals surface area contributed by atoms with Crippen LogP contribution in [0, 0.1) is 6.61 Å². The first-order valence-electron chi connectivity index (χ1n) is 3.09. The molecular weight excluding hydrogens is 136 g/mol. The zero-order valence-electron chi connectivity index (χ0n) is 5.73. The quantitative estimate of drug-likeness (QED) is 0.521. The van der Waals surface area contributed by atoms with Crippen molar-refractivity contribution >= 4 is 0 Å². The van der Waals surface area contributed by atoms with Crippen LogP contribution >= 0.6 is 0 Å². The van der Waals surface area contributed by atoms with Crippen molar-refractivity contribution in [3.8, 4) is 0 Å². The summed E-state index contributed by atoms with van der Waals surface area (Å²) < 4.78 is 9.60. The van der Waals surface area contributed by atoms with Gasteiger partial charge in [-0.1, -0.05) is 0 Å². The number of aliphatic hydroxyl groups excluding tert-OH is 2. The largest absolute Gasteiger partial charge is 0.388 e. The molecule has 1 heterocycles. The van der Waals surface area contributed by atoms with Crippen LogP contribution in [0.15, 0.2) is 0 Å². The van der Waals surface area contributed by atoms with E-state index in [1.807, 2.05) is 0 Å². The van der Waals surface area contributed by atoms with Crippen LogP contribution in [0.1, 0.15) is 0 Å². The minimum Gasteiger partial charge on any atom is -0.388 e. The van der Waals surface area contributed by atoms with Gasteiger partial charge in [0.05, 0.1) is 6.61 Å². The van der Waals surface area contributed by atoms with E-state index in [0.717, 1.165) is 0 Å². The van der Waals surface area contributed by atoms with Crippen molar-refractivity contribution in [1.29, 1.82) is 0 Å². The van der Waals surface area contributed by atoms with Gasteiger partial charge in [0.1, 0.15) is 24.9 Å². The predicted octanol–water partition coefficient (Wildman–Crippen LogP) is -1.08. The number of hydrogen-bond acceptors (Lipinski definition) is 4. The molecule has 1 saturated heterocycles. The van der Waals surface area contributed by atoms with Gasteiger partial charge >= 0.3 is 0 Å². The molecule has 1 radical (unpaired) electrons. The lowest BCUT2D eigenvalue weighted by Gasteiger charge is -2.12. The molecule has 1 aliphatic heterocycles. The first kappa shape index (κ1) is 7.94. The Morgan fingerprint density at radius 3 is 2.70 bits per heavy atom. The van der Waals surface area contributed by atoms with Crippen LogP contribution in [0.3, 0.4) is 0 Å². The number of methoxy groups -OCH3 is 1. The molecule has 0 aromatic rings. The minimum absolute atomic E-state index is 0.300. The number of aliphatic hydroxyl groups is 2. The molecule has 0 spiro atoms. The third-order valence-electron chi connectivity index (χ3n) is 1.45. The van der Waals surface area contributed by atoms with Crippen molar-refractivity contribution in [3.05, 3.63) is 6.61 Å². The second-order valence-electron chi connectivity index (χ2n) is 2.25. The Labute approximate surface area is 59.4 Å². The van der Waals surface area contributed by atoms with Crippen LogP contribution in [0.2, 0.25) is 0 Å². The highest BCUT2D eigenvalue weighted by molar-refractivity contribution is 4.89. The minimum atomic E-state index is -0.875. The molecule has 0 aliphatic carbocycles. The van der Waals surface area contributed by atoms with Gasteiger partial charge in [0.15, 0.2) is 0 Å². The van der Waals surface area contributed by atoms with Gasteiger partial charge in [-0.15, -0.1) is 0 Å². The Balaban J connectivity index is 2.33. The lowest BCUT2D eigenvalue weighted by molar-refractivity contribution is -0.0145. The summed E-state index contributed by atoms with van der Waals surface area (Å²) in [5, 5.41) is 18.0. The Bertz CT molecular complexity index is 104. The van der Waals surface area contributed by atoms with Crippen molar-refractivity contribution < 1.29 is 19.7 Å². The van der Waals surface area contributed by atoms with E-state index < -0.39 is 18.3 Å². The highest BCUT2D eigenvalue weighted by Crippen LogP contribution is 2.17. The molecule has 0 aromatic heterocycles. The maximum atomic E-state index is 9.10. The van der Waals surface area contributed by atoms with Crippen molar-refractivity contribution in [3.63, 3.8) is 0 Å². The van der Waals surface area contributed by atoms with Gasteiger partial charge in [-0.25, -0.2) is 0 Å². The molecule has 0 saturated carbocycles. The van der Waals surface area contributed by atoms with Crippen LogP contribution in [0.25, 0.3) is 0 Å². The number of rotatable bonds is 2. The van der Waals surface area contributed by atoms with Gasteiger partial charge in [0, 0.05) is 7.11 Å². The van der Waals surface area contributed by atoms with E-state index in [-0.39, 0.29) is 0 Å². The fraction of sp³-hybridized carbons (Fsp3) is 0.833. The van der Waals surface area contributed by atoms with Crippen LogP contribution in [-0.4, -0.2) is 42.2 Å². The molecule has 0 bridgehead atoms. The molecule has 0 unspecified atom stereocenters. The summed E-state index contributed by atoms with van der Waals surface area (Å²) in [6.07, 6.45) is -2.14. The molecule has 1 rings (SSSR count). The van der Waals surface area contributed by atoms with Gasteiger partial charge in [-0.3, -0.25) is 0 Å². The molecule has 3 atom stereocenters. The third-order valence-corrected chi connectivity index (χ3v) is 1.45. The van der Waals surface area contributed by atoms with E-state index in [1.165, 1.54) is 13.7 Å². The Kier molecular flexibility index (Phi) is 2.62. The molecule has 0 aromatic carbocycles. The molecule has 59 valence electrons. The Hall–Kier alpha value is -0.160. The summed E-state index contributed by atoms with van der Waals surface area (Å²) in [4.78, 5) is 0. The molecule has 1 fully saturated rings.